The predicted octanol–water partition coefficient (Wildman–Crippen LogP) is 2.60. The minimum absolute atomic E-state index is 0.0475. The van der Waals surface area contributed by atoms with Gasteiger partial charge in [0.05, 0.1) is 12.7 Å². The fraction of sp³-hybridized carbons (Fsp3) is 0.263. The van der Waals surface area contributed by atoms with Crippen molar-refractivity contribution in [3.8, 4) is 5.75 Å². The van der Waals surface area contributed by atoms with E-state index in [1.54, 1.807) is 48.2 Å². The summed E-state index contributed by atoms with van der Waals surface area (Å²) < 4.78 is 5.31. The second-order valence-electron chi connectivity index (χ2n) is 5.41. The number of benzene rings is 2. The van der Waals surface area contributed by atoms with Crippen LogP contribution in [0.5, 0.6) is 5.75 Å². The molecule has 0 saturated carbocycles. The molecule has 2 aromatic rings. The molecule has 0 heterocycles. The second-order valence-corrected chi connectivity index (χ2v) is 6.29. The van der Waals surface area contributed by atoms with Gasteiger partial charge in [0.15, 0.2) is 0 Å². The molecule has 0 bridgehead atoms. The Hall–Kier alpha value is -2.51. The fourth-order valence-electron chi connectivity index (χ4n) is 2.20. The normalized spacial score (nSPS) is 11.5. The third kappa shape index (κ3) is 5.79. The maximum absolute atomic E-state index is 11.9. The number of anilines is 1. The monoisotopic (exact) mass is 374 g/mol. The van der Waals surface area contributed by atoms with E-state index in [9.17, 15) is 14.7 Å². The first kappa shape index (κ1) is 19.8. The van der Waals surface area contributed by atoms with Crippen LogP contribution in [0.2, 0.25) is 0 Å². The number of nitrogens with one attached hydrogen (secondary N) is 2. The number of carbonyl (C=O) groups is 2. The quantitative estimate of drug-likeness (QED) is 0.512. The molecule has 7 heteroatoms. The molecule has 0 radical (unpaired) electrons. The minimum atomic E-state index is -0.881. The van der Waals surface area contributed by atoms with E-state index in [0.29, 0.717) is 23.6 Å². The van der Waals surface area contributed by atoms with E-state index in [1.165, 1.54) is 0 Å². The Morgan fingerprint density at radius 3 is 2.31 bits per heavy atom. The van der Waals surface area contributed by atoms with E-state index in [4.69, 9.17) is 4.74 Å². The van der Waals surface area contributed by atoms with Gasteiger partial charge in [-0.2, -0.15) is 0 Å². The Morgan fingerprint density at radius 1 is 1.08 bits per heavy atom. The number of amides is 2. The van der Waals surface area contributed by atoms with E-state index in [-0.39, 0.29) is 6.54 Å². The van der Waals surface area contributed by atoms with Crippen LogP contribution in [-0.2, 0) is 9.59 Å². The van der Waals surface area contributed by atoms with Crippen molar-refractivity contribution in [3.05, 3.63) is 54.1 Å². The molecule has 0 spiro atoms. The molecule has 1 unspecified atom stereocenters. The van der Waals surface area contributed by atoms with Crippen molar-refractivity contribution >= 4 is 29.3 Å². The summed E-state index contributed by atoms with van der Waals surface area (Å²) >= 11 is 1.60. The standard InChI is InChI=1S/C19H22N2O4S/c1-3-25-15-8-6-14(7-9-15)21-19(24)18(23)20-12-17(22)13-4-10-16(26-2)11-5-13/h4-11,17,22H,3,12H2,1-2H3,(H,20,23)(H,21,24). The summed E-state index contributed by atoms with van der Waals surface area (Å²) in [6, 6.07) is 14.1. The van der Waals surface area contributed by atoms with Gasteiger partial charge in [-0.3, -0.25) is 9.59 Å². The van der Waals surface area contributed by atoms with Crippen LogP contribution in [0.15, 0.2) is 53.4 Å². The van der Waals surface area contributed by atoms with Gasteiger partial charge in [-0.15, -0.1) is 11.8 Å². The summed E-state index contributed by atoms with van der Waals surface area (Å²) in [5, 5.41) is 15.0. The topological polar surface area (TPSA) is 87.7 Å². The molecule has 1 atom stereocenters. The van der Waals surface area contributed by atoms with Gasteiger partial charge >= 0.3 is 11.8 Å². The number of ether oxygens (including phenoxy) is 1. The smallest absolute Gasteiger partial charge is 0.313 e. The summed E-state index contributed by atoms with van der Waals surface area (Å²) in [5.74, 6) is -0.914. The largest absolute Gasteiger partial charge is 0.494 e. The maximum atomic E-state index is 11.9. The molecular formula is C19H22N2O4S. The van der Waals surface area contributed by atoms with Gasteiger partial charge < -0.3 is 20.5 Å². The van der Waals surface area contributed by atoms with Gasteiger partial charge in [0.25, 0.3) is 0 Å². The van der Waals surface area contributed by atoms with Crippen molar-refractivity contribution in [2.24, 2.45) is 0 Å². The first-order valence-electron chi connectivity index (χ1n) is 8.17. The van der Waals surface area contributed by atoms with Gasteiger partial charge in [0.2, 0.25) is 0 Å². The third-order valence-electron chi connectivity index (χ3n) is 3.59. The predicted molar refractivity (Wildman–Crippen MR) is 102 cm³/mol. The molecule has 0 aliphatic rings. The summed E-state index contributed by atoms with van der Waals surface area (Å²) in [4.78, 5) is 24.9. The molecule has 0 aromatic heterocycles. The highest BCUT2D eigenvalue weighted by Gasteiger charge is 2.16. The molecule has 0 aliphatic heterocycles. The third-order valence-corrected chi connectivity index (χ3v) is 4.33. The Labute approximate surface area is 156 Å². The lowest BCUT2D eigenvalue weighted by molar-refractivity contribution is -0.136. The van der Waals surface area contributed by atoms with Crippen molar-refractivity contribution in [2.45, 2.75) is 17.9 Å². The molecule has 0 saturated heterocycles. The Bertz CT molecular complexity index is 732. The summed E-state index contributed by atoms with van der Waals surface area (Å²) in [6.07, 6.45) is 1.09. The van der Waals surface area contributed by atoms with Crippen molar-refractivity contribution < 1.29 is 19.4 Å². The van der Waals surface area contributed by atoms with Crippen LogP contribution in [0.3, 0.4) is 0 Å². The van der Waals surface area contributed by atoms with Gasteiger partial charge in [-0.1, -0.05) is 12.1 Å². The zero-order valence-electron chi connectivity index (χ0n) is 14.7. The van der Waals surface area contributed by atoms with Crippen LogP contribution >= 0.6 is 11.8 Å². The van der Waals surface area contributed by atoms with E-state index >= 15 is 0 Å². The van der Waals surface area contributed by atoms with Crippen molar-refractivity contribution in [2.75, 3.05) is 24.7 Å². The van der Waals surface area contributed by atoms with Crippen LogP contribution in [0.25, 0.3) is 0 Å². The Kier molecular flexibility index (Phi) is 7.50. The molecule has 3 N–H and O–H groups in total. The van der Waals surface area contributed by atoms with Crippen LogP contribution in [-0.4, -0.2) is 36.3 Å². The van der Waals surface area contributed by atoms with Crippen LogP contribution in [0, 0.1) is 0 Å². The Balaban J connectivity index is 1.83. The number of aliphatic hydroxyl groups is 1. The average Bonchev–Trinajstić information content (AvgIpc) is 2.67. The molecule has 6 nitrogen and oxygen atoms in total. The van der Waals surface area contributed by atoms with E-state index < -0.39 is 17.9 Å². The highest BCUT2D eigenvalue weighted by Crippen LogP contribution is 2.19. The second kappa shape index (κ2) is 9.84. The van der Waals surface area contributed by atoms with Crippen LogP contribution in [0.1, 0.15) is 18.6 Å². The molecule has 2 rings (SSSR count). The molecule has 0 fully saturated rings. The molecule has 2 amide bonds. The number of rotatable bonds is 7. The molecular weight excluding hydrogens is 352 g/mol. The number of hydrogen-bond acceptors (Lipinski definition) is 5. The van der Waals surface area contributed by atoms with E-state index in [0.717, 1.165) is 4.90 Å². The van der Waals surface area contributed by atoms with Gasteiger partial charge in [-0.25, -0.2) is 0 Å². The molecule has 2 aromatic carbocycles. The Morgan fingerprint density at radius 2 is 1.73 bits per heavy atom. The summed E-state index contributed by atoms with van der Waals surface area (Å²) in [7, 11) is 0. The highest BCUT2D eigenvalue weighted by molar-refractivity contribution is 7.98. The van der Waals surface area contributed by atoms with Gasteiger partial charge in [0.1, 0.15) is 5.75 Å². The molecule has 0 aliphatic carbocycles. The lowest BCUT2D eigenvalue weighted by atomic mass is 10.1. The molecule has 26 heavy (non-hydrogen) atoms. The fourth-order valence-corrected chi connectivity index (χ4v) is 2.61. The lowest BCUT2D eigenvalue weighted by Crippen LogP contribution is -2.37. The van der Waals surface area contributed by atoms with Crippen molar-refractivity contribution in [1.29, 1.82) is 0 Å². The number of thioether (sulfide) groups is 1. The molecule has 138 valence electrons. The SMILES string of the molecule is CCOc1ccc(NC(=O)C(=O)NCC(O)c2ccc(SC)cc2)cc1. The zero-order valence-corrected chi connectivity index (χ0v) is 15.5. The zero-order chi connectivity index (χ0) is 18.9. The van der Waals surface area contributed by atoms with Gasteiger partial charge in [0, 0.05) is 17.1 Å². The van der Waals surface area contributed by atoms with Crippen LogP contribution < -0.4 is 15.4 Å². The summed E-state index contributed by atoms with van der Waals surface area (Å²) in [5.41, 5.74) is 1.16. The number of aliphatic hydroxyl groups excluding tert-OH is 1. The van der Waals surface area contributed by atoms with Gasteiger partial charge in [-0.05, 0) is 55.1 Å². The average molecular weight is 374 g/mol. The number of hydrogen-bond donors (Lipinski definition) is 3. The highest BCUT2D eigenvalue weighted by atomic mass is 32.2. The first-order valence-corrected chi connectivity index (χ1v) is 9.40. The first-order chi connectivity index (χ1) is 12.5. The summed E-state index contributed by atoms with van der Waals surface area (Å²) in [6.45, 7) is 2.39. The number of carbonyl (C=O) groups excluding carboxylic acids is 2. The maximum Gasteiger partial charge on any atom is 0.313 e. The minimum Gasteiger partial charge on any atom is -0.494 e. The van der Waals surface area contributed by atoms with Crippen molar-refractivity contribution in [1.82, 2.24) is 5.32 Å². The lowest BCUT2D eigenvalue weighted by Gasteiger charge is -2.13. The van der Waals surface area contributed by atoms with E-state index in [1.807, 2.05) is 25.3 Å². The van der Waals surface area contributed by atoms with E-state index in [2.05, 4.69) is 10.6 Å². The van der Waals surface area contributed by atoms with Crippen molar-refractivity contribution in [3.63, 3.8) is 0 Å². The van der Waals surface area contributed by atoms with Crippen LogP contribution in [0.4, 0.5) is 5.69 Å².